The van der Waals surface area contributed by atoms with E-state index < -0.39 is 11.3 Å². The van der Waals surface area contributed by atoms with Crippen LogP contribution in [0.4, 0.5) is 5.69 Å². The van der Waals surface area contributed by atoms with Gasteiger partial charge in [-0.05, 0) is 36.6 Å². The summed E-state index contributed by atoms with van der Waals surface area (Å²) in [6, 6.07) is 5.63. The number of hydrogen-bond acceptors (Lipinski definition) is 1. The first-order chi connectivity index (χ1) is 6.13. The topological polar surface area (TPSA) is 49.3 Å². The molecule has 13 heavy (non-hydrogen) atoms. The van der Waals surface area contributed by atoms with Crippen LogP contribution >= 0.6 is 0 Å². The molecule has 3 nitrogen and oxygen atoms in total. The first-order valence-corrected chi connectivity index (χ1v) is 5.21. The Bertz CT molecular complexity index is 325. The van der Waals surface area contributed by atoms with Gasteiger partial charge < -0.3 is 0 Å². The molecular weight excluding hydrogens is 186 g/mol. The standard InChI is InChI=1S/C9H13NO2S/c1-3-8-6-9(10-13(11)12)5-4-7(8)2/h4-6,10H,3H2,1-2H3,(H,11,12). The summed E-state index contributed by atoms with van der Waals surface area (Å²) in [5.41, 5.74) is 3.08. The molecule has 0 aliphatic carbocycles. The van der Waals surface area contributed by atoms with Gasteiger partial charge in [-0.1, -0.05) is 13.0 Å². The van der Waals surface area contributed by atoms with E-state index in [2.05, 4.69) is 11.6 Å². The zero-order chi connectivity index (χ0) is 9.84. The minimum atomic E-state index is -1.98. The van der Waals surface area contributed by atoms with E-state index in [1.807, 2.05) is 19.1 Å². The summed E-state index contributed by atoms with van der Waals surface area (Å²) in [5, 5.41) is 0. The van der Waals surface area contributed by atoms with Gasteiger partial charge in [-0.3, -0.25) is 9.27 Å². The molecule has 0 aromatic heterocycles. The Kier molecular flexibility index (Phi) is 3.45. The zero-order valence-corrected chi connectivity index (χ0v) is 8.52. The SMILES string of the molecule is CCc1cc(NS(=O)O)ccc1C. The fourth-order valence-corrected chi connectivity index (χ4v) is 1.55. The highest BCUT2D eigenvalue weighted by Gasteiger charge is 1.99. The molecule has 2 N–H and O–H groups in total. The van der Waals surface area contributed by atoms with E-state index in [4.69, 9.17) is 4.55 Å². The highest BCUT2D eigenvalue weighted by atomic mass is 32.2. The van der Waals surface area contributed by atoms with Crippen LogP contribution in [0.3, 0.4) is 0 Å². The van der Waals surface area contributed by atoms with Crippen molar-refractivity contribution in [3.05, 3.63) is 29.3 Å². The summed E-state index contributed by atoms with van der Waals surface area (Å²) in [5.74, 6) is 0. The molecule has 0 fully saturated rings. The van der Waals surface area contributed by atoms with E-state index in [-0.39, 0.29) is 0 Å². The van der Waals surface area contributed by atoms with Crippen molar-refractivity contribution in [1.29, 1.82) is 0 Å². The zero-order valence-electron chi connectivity index (χ0n) is 7.70. The third-order valence-electron chi connectivity index (χ3n) is 1.94. The van der Waals surface area contributed by atoms with Crippen molar-refractivity contribution in [2.24, 2.45) is 0 Å². The molecule has 0 saturated carbocycles. The summed E-state index contributed by atoms with van der Waals surface area (Å²) in [4.78, 5) is 0. The normalized spacial score (nSPS) is 12.5. The number of hydrogen-bond donors (Lipinski definition) is 2. The predicted octanol–water partition coefficient (Wildman–Crippen LogP) is 2.11. The maximum atomic E-state index is 10.5. The maximum Gasteiger partial charge on any atom is 0.259 e. The summed E-state index contributed by atoms with van der Waals surface area (Å²) >= 11 is -1.98. The minimum absolute atomic E-state index is 0.684. The number of nitrogens with one attached hydrogen (secondary N) is 1. The molecule has 0 radical (unpaired) electrons. The molecule has 0 saturated heterocycles. The summed E-state index contributed by atoms with van der Waals surface area (Å²) in [6.07, 6.45) is 0.930. The molecule has 1 atom stereocenters. The Morgan fingerprint density at radius 1 is 1.54 bits per heavy atom. The predicted molar refractivity (Wildman–Crippen MR) is 55.0 cm³/mol. The second-order valence-corrected chi connectivity index (χ2v) is 3.55. The lowest BCUT2D eigenvalue weighted by Gasteiger charge is -2.06. The molecule has 1 aromatic carbocycles. The number of anilines is 1. The van der Waals surface area contributed by atoms with Gasteiger partial charge in [0.2, 0.25) is 0 Å². The van der Waals surface area contributed by atoms with Crippen LogP contribution in [0.25, 0.3) is 0 Å². The number of aryl methyl sites for hydroxylation is 2. The van der Waals surface area contributed by atoms with Gasteiger partial charge in [-0.2, -0.15) is 0 Å². The fraction of sp³-hybridized carbons (Fsp3) is 0.333. The lowest BCUT2D eigenvalue weighted by molar-refractivity contribution is 0.570. The van der Waals surface area contributed by atoms with Gasteiger partial charge in [-0.15, -0.1) is 0 Å². The van der Waals surface area contributed by atoms with E-state index >= 15 is 0 Å². The largest absolute Gasteiger partial charge is 0.289 e. The first-order valence-electron chi connectivity index (χ1n) is 4.10. The molecule has 0 aliphatic heterocycles. The van der Waals surface area contributed by atoms with Crippen molar-refractivity contribution < 1.29 is 8.76 Å². The Hall–Kier alpha value is -0.870. The second-order valence-electron chi connectivity index (χ2n) is 2.85. The van der Waals surface area contributed by atoms with Crippen LogP contribution in [-0.4, -0.2) is 8.76 Å². The lowest BCUT2D eigenvalue weighted by Crippen LogP contribution is -2.02. The van der Waals surface area contributed by atoms with Crippen LogP contribution in [0.2, 0.25) is 0 Å². The molecule has 1 unspecified atom stereocenters. The average molecular weight is 199 g/mol. The highest BCUT2D eigenvalue weighted by molar-refractivity contribution is 7.80. The van der Waals surface area contributed by atoms with Gasteiger partial charge in [0.25, 0.3) is 11.3 Å². The molecule has 4 heteroatoms. The third kappa shape index (κ3) is 2.82. The molecule has 0 spiro atoms. The van der Waals surface area contributed by atoms with E-state index in [0.717, 1.165) is 6.42 Å². The lowest BCUT2D eigenvalue weighted by atomic mass is 10.1. The van der Waals surface area contributed by atoms with E-state index in [1.54, 1.807) is 6.07 Å². The van der Waals surface area contributed by atoms with Gasteiger partial charge in [0.15, 0.2) is 0 Å². The molecule has 72 valence electrons. The van der Waals surface area contributed by atoms with Gasteiger partial charge >= 0.3 is 0 Å². The smallest absolute Gasteiger partial charge is 0.259 e. The van der Waals surface area contributed by atoms with Crippen molar-refractivity contribution >= 4 is 17.0 Å². The van der Waals surface area contributed by atoms with Crippen LogP contribution in [0.5, 0.6) is 0 Å². The van der Waals surface area contributed by atoms with Crippen LogP contribution < -0.4 is 4.72 Å². The fourth-order valence-electron chi connectivity index (χ4n) is 1.22. The van der Waals surface area contributed by atoms with Crippen LogP contribution in [0.1, 0.15) is 18.1 Å². The Labute approximate surface area is 80.6 Å². The van der Waals surface area contributed by atoms with E-state index in [1.165, 1.54) is 11.1 Å². The van der Waals surface area contributed by atoms with Gasteiger partial charge in [0.1, 0.15) is 0 Å². The second kappa shape index (κ2) is 4.39. The van der Waals surface area contributed by atoms with Crippen molar-refractivity contribution in [3.8, 4) is 0 Å². The monoisotopic (exact) mass is 199 g/mol. The van der Waals surface area contributed by atoms with Crippen molar-refractivity contribution in [2.45, 2.75) is 20.3 Å². The minimum Gasteiger partial charge on any atom is -0.289 e. The number of benzene rings is 1. The van der Waals surface area contributed by atoms with Gasteiger partial charge in [-0.25, -0.2) is 4.21 Å². The highest BCUT2D eigenvalue weighted by Crippen LogP contribution is 2.15. The molecule has 1 aromatic rings. The molecule has 1 rings (SSSR count). The van der Waals surface area contributed by atoms with Gasteiger partial charge in [0.05, 0.1) is 0 Å². The van der Waals surface area contributed by atoms with Crippen molar-refractivity contribution in [1.82, 2.24) is 0 Å². The van der Waals surface area contributed by atoms with E-state index in [0.29, 0.717) is 5.69 Å². The molecular formula is C9H13NO2S. The Morgan fingerprint density at radius 2 is 2.23 bits per heavy atom. The summed E-state index contributed by atoms with van der Waals surface area (Å²) in [7, 11) is 0. The van der Waals surface area contributed by atoms with Crippen LogP contribution in [0.15, 0.2) is 18.2 Å². The average Bonchev–Trinajstić information content (AvgIpc) is 2.07. The van der Waals surface area contributed by atoms with Crippen molar-refractivity contribution in [2.75, 3.05) is 4.72 Å². The molecule has 0 bridgehead atoms. The molecule has 0 aliphatic rings. The third-order valence-corrected chi connectivity index (χ3v) is 2.35. The number of rotatable bonds is 3. The van der Waals surface area contributed by atoms with Gasteiger partial charge in [0, 0.05) is 5.69 Å². The summed E-state index contributed by atoms with van der Waals surface area (Å²) < 4.78 is 21.5. The van der Waals surface area contributed by atoms with Crippen LogP contribution in [-0.2, 0) is 17.7 Å². The Morgan fingerprint density at radius 3 is 2.77 bits per heavy atom. The quantitative estimate of drug-likeness (QED) is 0.732. The summed E-state index contributed by atoms with van der Waals surface area (Å²) in [6.45, 7) is 4.08. The van der Waals surface area contributed by atoms with Crippen LogP contribution in [0, 0.1) is 6.92 Å². The maximum absolute atomic E-state index is 10.5. The molecule has 0 amide bonds. The molecule has 0 heterocycles. The Balaban J connectivity index is 2.92. The first kappa shape index (κ1) is 10.2. The van der Waals surface area contributed by atoms with E-state index in [9.17, 15) is 4.21 Å². The van der Waals surface area contributed by atoms with Crippen molar-refractivity contribution in [3.63, 3.8) is 0 Å².